The zero-order chi connectivity index (χ0) is 15.5. The minimum absolute atomic E-state index is 0.0120. The third-order valence-electron chi connectivity index (χ3n) is 3.38. The molecule has 110 valence electrons. The van der Waals surface area contributed by atoms with Crippen molar-refractivity contribution in [2.24, 2.45) is 5.10 Å². The van der Waals surface area contributed by atoms with Gasteiger partial charge in [0, 0.05) is 31.4 Å². The summed E-state index contributed by atoms with van der Waals surface area (Å²) < 4.78 is 0. The van der Waals surface area contributed by atoms with Crippen LogP contribution in [0.4, 0.5) is 5.69 Å². The predicted octanol–water partition coefficient (Wildman–Crippen LogP) is 3.14. The van der Waals surface area contributed by atoms with Gasteiger partial charge in [-0.2, -0.15) is 5.10 Å². The fourth-order valence-corrected chi connectivity index (χ4v) is 2.42. The molecular weight excluding hydrogens is 274 g/mol. The number of allylic oxidation sites excluding steroid dienone is 1. The van der Waals surface area contributed by atoms with E-state index >= 15 is 0 Å². The third-order valence-corrected chi connectivity index (χ3v) is 3.38. The summed E-state index contributed by atoms with van der Waals surface area (Å²) in [6.07, 6.45) is 1.81. The number of rotatable bonds is 3. The first-order valence-corrected chi connectivity index (χ1v) is 7.08. The Kier molecular flexibility index (Phi) is 3.74. The minimum Gasteiger partial charge on any atom is -0.383 e. The molecule has 0 amide bonds. The molecule has 0 fully saturated rings. The summed E-state index contributed by atoms with van der Waals surface area (Å²) in [6.45, 7) is 0. The molecule has 0 spiro atoms. The van der Waals surface area contributed by atoms with Crippen molar-refractivity contribution >= 4 is 17.2 Å². The minimum atomic E-state index is 0.0120. The average molecular weight is 291 g/mol. The average Bonchev–Trinajstić information content (AvgIpc) is 2.79. The molecule has 3 rings (SSSR count). The van der Waals surface area contributed by atoms with E-state index in [4.69, 9.17) is 0 Å². The van der Waals surface area contributed by atoms with E-state index < -0.39 is 0 Å². The number of para-hydroxylation sites is 1. The van der Waals surface area contributed by atoms with Crippen molar-refractivity contribution < 1.29 is 4.79 Å². The van der Waals surface area contributed by atoms with Crippen LogP contribution in [0, 0.1) is 0 Å². The van der Waals surface area contributed by atoms with Crippen LogP contribution in [0.15, 0.2) is 71.5 Å². The van der Waals surface area contributed by atoms with E-state index in [2.05, 4.69) is 10.5 Å². The van der Waals surface area contributed by atoms with Crippen molar-refractivity contribution in [3.05, 3.63) is 77.5 Å². The number of benzene rings is 2. The lowest BCUT2D eigenvalue weighted by Gasteiger charge is -2.08. The van der Waals surface area contributed by atoms with Gasteiger partial charge in [0.15, 0.2) is 5.78 Å². The summed E-state index contributed by atoms with van der Waals surface area (Å²) in [7, 11) is 3.79. The quantitative estimate of drug-likeness (QED) is 0.698. The van der Waals surface area contributed by atoms with Crippen molar-refractivity contribution in [1.82, 2.24) is 4.90 Å². The Morgan fingerprint density at radius 3 is 2.27 bits per heavy atom. The second kappa shape index (κ2) is 5.85. The molecule has 0 unspecified atom stereocenters. The van der Waals surface area contributed by atoms with Gasteiger partial charge in [0.1, 0.15) is 5.71 Å². The molecule has 2 aromatic rings. The van der Waals surface area contributed by atoms with Crippen molar-refractivity contribution in [2.45, 2.75) is 0 Å². The fourth-order valence-electron chi connectivity index (χ4n) is 2.42. The lowest BCUT2D eigenvalue weighted by molar-refractivity contribution is 0.104. The van der Waals surface area contributed by atoms with E-state index in [-0.39, 0.29) is 5.78 Å². The molecule has 22 heavy (non-hydrogen) atoms. The standard InChI is InChI=1S/C18H17N3O/c1-21(2)12-16-17(20-19-13-8-4-3-5-9-13)14-10-6-7-11-15(14)18(16)22/h3-12,19H,1-2H3. The summed E-state index contributed by atoms with van der Waals surface area (Å²) in [5, 5.41) is 4.47. The molecule has 1 N–H and O–H groups in total. The highest BCUT2D eigenvalue weighted by Crippen LogP contribution is 2.27. The Morgan fingerprint density at radius 1 is 0.955 bits per heavy atom. The number of hydrogen-bond donors (Lipinski definition) is 1. The molecule has 0 bridgehead atoms. The largest absolute Gasteiger partial charge is 0.383 e. The van der Waals surface area contributed by atoms with Crippen molar-refractivity contribution in [2.75, 3.05) is 19.5 Å². The third kappa shape index (κ3) is 2.63. The van der Waals surface area contributed by atoms with E-state index in [1.54, 1.807) is 0 Å². The smallest absolute Gasteiger partial charge is 0.197 e. The van der Waals surface area contributed by atoms with Crippen LogP contribution in [0.25, 0.3) is 0 Å². The molecule has 0 heterocycles. The van der Waals surface area contributed by atoms with E-state index in [0.29, 0.717) is 16.8 Å². The number of carbonyl (C=O) groups excluding carboxylic acids is 1. The molecule has 0 radical (unpaired) electrons. The van der Waals surface area contributed by atoms with Crippen molar-refractivity contribution in [3.63, 3.8) is 0 Å². The van der Waals surface area contributed by atoms with E-state index in [1.165, 1.54) is 0 Å². The van der Waals surface area contributed by atoms with Crippen LogP contribution >= 0.6 is 0 Å². The summed E-state index contributed by atoms with van der Waals surface area (Å²) in [5.74, 6) is 0.0120. The van der Waals surface area contributed by atoms with Crippen LogP contribution in [0.2, 0.25) is 0 Å². The Balaban J connectivity index is 2.04. The summed E-state index contributed by atoms with van der Waals surface area (Å²) in [4.78, 5) is 14.4. The van der Waals surface area contributed by atoms with Gasteiger partial charge in [-0.05, 0) is 12.1 Å². The zero-order valence-corrected chi connectivity index (χ0v) is 12.6. The normalized spacial score (nSPS) is 16.9. The first kappa shape index (κ1) is 14.1. The number of hydrazone groups is 1. The summed E-state index contributed by atoms with van der Waals surface area (Å²) in [6, 6.07) is 17.2. The topological polar surface area (TPSA) is 44.7 Å². The van der Waals surface area contributed by atoms with Crippen LogP contribution in [-0.4, -0.2) is 30.5 Å². The zero-order valence-electron chi connectivity index (χ0n) is 12.6. The van der Waals surface area contributed by atoms with Crippen LogP contribution in [0.1, 0.15) is 15.9 Å². The number of Topliss-reactive ketones (excluding diaryl/α,β-unsaturated/α-hetero) is 1. The van der Waals surface area contributed by atoms with Crippen LogP contribution < -0.4 is 5.43 Å². The van der Waals surface area contributed by atoms with Gasteiger partial charge in [-0.3, -0.25) is 10.2 Å². The number of nitrogens with one attached hydrogen (secondary N) is 1. The number of hydrogen-bond acceptors (Lipinski definition) is 4. The number of nitrogens with zero attached hydrogens (tertiary/aromatic N) is 2. The first-order chi connectivity index (χ1) is 10.7. The maximum atomic E-state index is 12.6. The van der Waals surface area contributed by atoms with Crippen LogP contribution in [0.3, 0.4) is 0 Å². The van der Waals surface area contributed by atoms with Gasteiger partial charge in [-0.1, -0.05) is 42.5 Å². The highest BCUT2D eigenvalue weighted by Gasteiger charge is 2.31. The van der Waals surface area contributed by atoms with Crippen molar-refractivity contribution in [3.8, 4) is 0 Å². The highest BCUT2D eigenvalue weighted by molar-refractivity contribution is 6.41. The molecule has 1 aliphatic carbocycles. The second-order valence-corrected chi connectivity index (χ2v) is 5.32. The predicted molar refractivity (Wildman–Crippen MR) is 89.1 cm³/mol. The van der Waals surface area contributed by atoms with Gasteiger partial charge in [0.25, 0.3) is 0 Å². The second-order valence-electron chi connectivity index (χ2n) is 5.32. The Morgan fingerprint density at radius 2 is 1.59 bits per heavy atom. The Labute approximate surface area is 129 Å². The number of fused-ring (bicyclic) bond motifs is 1. The van der Waals surface area contributed by atoms with Gasteiger partial charge < -0.3 is 4.90 Å². The first-order valence-electron chi connectivity index (χ1n) is 7.08. The summed E-state index contributed by atoms with van der Waals surface area (Å²) in [5.41, 5.74) is 6.76. The lowest BCUT2D eigenvalue weighted by atomic mass is 10.1. The molecule has 0 aliphatic heterocycles. The lowest BCUT2D eigenvalue weighted by Crippen LogP contribution is -2.11. The van der Waals surface area contributed by atoms with Crippen LogP contribution in [0.5, 0.6) is 0 Å². The molecule has 2 aromatic carbocycles. The Bertz CT molecular complexity index is 761. The van der Waals surface area contributed by atoms with Gasteiger partial charge in [0.05, 0.1) is 11.3 Å². The van der Waals surface area contributed by atoms with Crippen molar-refractivity contribution in [1.29, 1.82) is 0 Å². The molecule has 4 nitrogen and oxygen atoms in total. The maximum Gasteiger partial charge on any atom is 0.197 e. The SMILES string of the molecule is CN(C)C=C1C(=O)c2ccccc2C1=NNc1ccccc1. The fraction of sp³-hybridized carbons (Fsp3) is 0.111. The van der Waals surface area contributed by atoms with Gasteiger partial charge in [0.2, 0.25) is 0 Å². The molecule has 0 atom stereocenters. The van der Waals surface area contributed by atoms with Crippen LogP contribution in [-0.2, 0) is 0 Å². The maximum absolute atomic E-state index is 12.6. The number of ketones is 1. The highest BCUT2D eigenvalue weighted by atomic mass is 16.1. The van der Waals surface area contributed by atoms with E-state index in [1.807, 2.05) is 79.8 Å². The summed E-state index contributed by atoms with van der Waals surface area (Å²) >= 11 is 0. The monoisotopic (exact) mass is 291 g/mol. The number of carbonyl (C=O) groups is 1. The van der Waals surface area contributed by atoms with Gasteiger partial charge >= 0.3 is 0 Å². The number of anilines is 1. The van der Waals surface area contributed by atoms with E-state index in [0.717, 1.165) is 11.3 Å². The van der Waals surface area contributed by atoms with Gasteiger partial charge in [-0.25, -0.2) is 0 Å². The molecular formula is C18H17N3O. The molecule has 4 heteroatoms. The van der Waals surface area contributed by atoms with Gasteiger partial charge in [-0.15, -0.1) is 0 Å². The molecule has 0 saturated carbocycles. The molecule has 0 saturated heterocycles. The van der Waals surface area contributed by atoms with E-state index in [9.17, 15) is 4.79 Å². The Hall–Kier alpha value is -2.88. The molecule has 0 aromatic heterocycles. The molecule has 1 aliphatic rings.